The van der Waals surface area contributed by atoms with Gasteiger partial charge in [-0.1, -0.05) is 30.3 Å². The van der Waals surface area contributed by atoms with Crippen LogP contribution in [0.15, 0.2) is 54.7 Å². The van der Waals surface area contributed by atoms with Crippen molar-refractivity contribution in [3.8, 4) is 5.75 Å². The smallest absolute Gasteiger partial charge is 0.343 e. The van der Waals surface area contributed by atoms with Crippen molar-refractivity contribution in [3.63, 3.8) is 0 Å². The summed E-state index contributed by atoms with van der Waals surface area (Å²) in [6.07, 6.45) is -2.85. The number of aliphatic hydroxyl groups excluding tert-OH is 2. The number of carbonyl (C=O) groups is 1. The predicted molar refractivity (Wildman–Crippen MR) is 133 cm³/mol. The number of fused-ring (bicyclic) bond motifs is 7. The zero-order valence-electron chi connectivity index (χ0n) is 19.8. The summed E-state index contributed by atoms with van der Waals surface area (Å²) in [6.45, 7) is 0. The van der Waals surface area contributed by atoms with E-state index in [2.05, 4.69) is 11.1 Å². The lowest BCUT2D eigenvalue weighted by molar-refractivity contribution is -0.367. The van der Waals surface area contributed by atoms with Crippen LogP contribution in [0.5, 0.6) is 5.75 Å². The number of benzene rings is 3. The van der Waals surface area contributed by atoms with E-state index >= 15 is 0 Å². The lowest BCUT2D eigenvalue weighted by Crippen LogP contribution is -2.72. The molecule has 37 heavy (non-hydrogen) atoms. The van der Waals surface area contributed by atoms with Crippen molar-refractivity contribution < 1.29 is 39.8 Å². The van der Waals surface area contributed by atoms with Gasteiger partial charge in [0.05, 0.1) is 11.5 Å². The summed E-state index contributed by atoms with van der Waals surface area (Å²) in [6, 6.07) is 15.8. The highest BCUT2D eigenvalue weighted by molar-refractivity contribution is 6.14. The molecule has 0 radical (unpaired) electrons. The Balaban J connectivity index is 1.26. The molecule has 3 fully saturated rings. The van der Waals surface area contributed by atoms with E-state index in [1.54, 1.807) is 0 Å². The number of hydrogen-bond acceptors (Lipinski definition) is 8. The van der Waals surface area contributed by atoms with E-state index < -0.39 is 47.2 Å². The second-order valence-electron chi connectivity index (χ2n) is 10.8. The highest BCUT2D eigenvalue weighted by Gasteiger charge is 2.78. The van der Waals surface area contributed by atoms with E-state index in [-0.39, 0.29) is 31.4 Å². The van der Waals surface area contributed by atoms with Crippen LogP contribution in [0.25, 0.3) is 32.4 Å². The first-order valence-electron chi connectivity index (χ1n) is 12.5. The van der Waals surface area contributed by atoms with Crippen LogP contribution in [0, 0.1) is 5.92 Å². The molecule has 0 unspecified atom stereocenters. The van der Waals surface area contributed by atoms with Crippen molar-refractivity contribution in [1.82, 2.24) is 4.98 Å². The maximum Gasteiger partial charge on any atom is 0.343 e. The Labute approximate surface area is 210 Å². The minimum Gasteiger partial charge on any atom is -0.422 e. The SMILES string of the molecule is O=C(Oc1c[nH]c2ccc3cc4ccccc4cc3c12)[C@@H]1O[C@]2(O)[C@@](O)(CC[C@H]3C[C@@H](O)C[C@]32O)[C@H]1O. The van der Waals surface area contributed by atoms with Gasteiger partial charge in [-0.25, -0.2) is 4.79 Å². The molecule has 0 amide bonds. The molecule has 9 heteroatoms. The molecule has 2 saturated carbocycles. The highest BCUT2D eigenvalue weighted by atomic mass is 16.7. The van der Waals surface area contributed by atoms with E-state index in [0.29, 0.717) is 5.39 Å². The predicted octanol–water partition coefficient (Wildman–Crippen LogP) is 1.85. The molecule has 9 nitrogen and oxygen atoms in total. The molecule has 0 spiro atoms. The molecular formula is C28H27NO8. The van der Waals surface area contributed by atoms with Gasteiger partial charge in [0.25, 0.3) is 0 Å². The molecule has 6 N–H and O–H groups in total. The summed E-state index contributed by atoms with van der Waals surface area (Å²) in [5, 5.41) is 59.8. The number of carbonyl (C=O) groups excluding carboxylic acids is 1. The zero-order valence-corrected chi connectivity index (χ0v) is 19.8. The Morgan fingerprint density at radius 2 is 1.76 bits per heavy atom. The minimum atomic E-state index is -2.64. The normalized spacial score (nSPS) is 37.2. The minimum absolute atomic E-state index is 0.112. The summed E-state index contributed by atoms with van der Waals surface area (Å²) >= 11 is 0. The van der Waals surface area contributed by atoms with Gasteiger partial charge in [0.1, 0.15) is 17.3 Å². The lowest BCUT2D eigenvalue weighted by atomic mass is 9.64. The van der Waals surface area contributed by atoms with E-state index in [9.17, 15) is 30.3 Å². The molecule has 0 bridgehead atoms. The number of ether oxygens (including phenoxy) is 2. The van der Waals surface area contributed by atoms with Gasteiger partial charge < -0.3 is 40.0 Å². The van der Waals surface area contributed by atoms with Crippen LogP contribution < -0.4 is 4.74 Å². The van der Waals surface area contributed by atoms with Crippen molar-refractivity contribution in [2.24, 2.45) is 5.92 Å². The zero-order chi connectivity index (χ0) is 25.7. The third kappa shape index (κ3) is 2.92. The van der Waals surface area contributed by atoms with Crippen molar-refractivity contribution in [2.75, 3.05) is 0 Å². The Morgan fingerprint density at radius 1 is 1.00 bits per heavy atom. The van der Waals surface area contributed by atoms with Crippen molar-refractivity contribution >= 4 is 38.4 Å². The molecule has 3 aromatic carbocycles. The van der Waals surface area contributed by atoms with Crippen molar-refractivity contribution in [2.45, 2.75) is 61.0 Å². The van der Waals surface area contributed by atoms with Gasteiger partial charge in [0.2, 0.25) is 5.79 Å². The van der Waals surface area contributed by atoms with E-state index in [1.807, 2.05) is 42.5 Å². The van der Waals surface area contributed by atoms with Crippen LogP contribution >= 0.6 is 0 Å². The molecule has 1 aromatic heterocycles. The van der Waals surface area contributed by atoms with E-state index in [1.165, 1.54) is 6.20 Å². The monoisotopic (exact) mass is 505 g/mol. The standard InChI is InChI=1S/C28H27NO8/c30-18-11-17-7-8-26(33)24(31)23(37-28(26,35)27(17,34)12-18)25(32)36-21-13-29-20-6-5-16-9-14-3-1-2-4-15(14)10-19(16)22(20)21/h1-6,9-10,13,17-18,23-24,29-31,33-35H,7-8,11-12H2/t17-,18+,23+,24-,26+,27-,28+/m0/s1. The van der Waals surface area contributed by atoms with Gasteiger partial charge in [0, 0.05) is 18.1 Å². The Kier molecular flexibility index (Phi) is 4.68. The Bertz CT molecular complexity index is 1580. The number of aromatic amines is 1. The summed E-state index contributed by atoms with van der Waals surface area (Å²) in [4.78, 5) is 16.4. The first-order chi connectivity index (χ1) is 17.6. The average molecular weight is 506 g/mol. The summed E-state index contributed by atoms with van der Waals surface area (Å²) in [5.74, 6) is -4.00. The van der Waals surface area contributed by atoms with Gasteiger partial charge in [-0.15, -0.1) is 0 Å². The first kappa shape index (κ1) is 23.1. The number of esters is 1. The van der Waals surface area contributed by atoms with Crippen LogP contribution in [0.2, 0.25) is 0 Å². The third-order valence-electron chi connectivity index (χ3n) is 8.83. The molecular weight excluding hydrogens is 478 g/mol. The van der Waals surface area contributed by atoms with Gasteiger partial charge in [-0.3, -0.25) is 0 Å². The lowest BCUT2D eigenvalue weighted by Gasteiger charge is -2.52. The number of H-pyrrole nitrogens is 1. The maximum absolute atomic E-state index is 13.3. The number of nitrogens with one attached hydrogen (secondary N) is 1. The molecule has 4 aromatic rings. The average Bonchev–Trinajstić information content (AvgIpc) is 3.49. The molecule has 192 valence electrons. The van der Waals surface area contributed by atoms with Crippen LogP contribution in [-0.4, -0.2) is 71.8 Å². The third-order valence-corrected chi connectivity index (χ3v) is 8.83. The van der Waals surface area contributed by atoms with Crippen LogP contribution in [-0.2, 0) is 9.53 Å². The summed E-state index contributed by atoms with van der Waals surface area (Å²) in [5.41, 5.74) is -3.59. The largest absolute Gasteiger partial charge is 0.422 e. The number of hydrogen-bond donors (Lipinski definition) is 6. The second-order valence-corrected chi connectivity index (χ2v) is 10.8. The van der Waals surface area contributed by atoms with Crippen LogP contribution in [0.3, 0.4) is 0 Å². The molecule has 2 heterocycles. The quantitative estimate of drug-likeness (QED) is 0.178. The fraction of sp³-hybridized carbons (Fsp3) is 0.393. The van der Waals surface area contributed by atoms with Crippen LogP contribution in [0.4, 0.5) is 0 Å². The molecule has 1 saturated heterocycles. The van der Waals surface area contributed by atoms with Gasteiger partial charge in [-0.05, 0) is 64.9 Å². The molecule has 1 aliphatic heterocycles. The number of rotatable bonds is 2. The Morgan fingerprint density at radius 3 is 2.54 bits per heavy atom. The maximum atomic E-state index is 13.3. The summed E-state index contributed by atoms with van der Waals surface area (Å²) < 4.78 is 11.3. The van der Waals surface area contributed by atoms with Crippen molar-refractivity contribution in [3.05, 3.63) is 54.7 Å². The summed E-state index contributed by atoms with van der Waals surface area (Å²) in [7, 11) is 0. The first-order valence-corrected chi connectivity index (χ1v) is 12.5. The molecule has 7 rings (SSSR count). The van der Waals surface area contributed by atoms with Crippen LogP contribution in [0.1, 0.15) is 25.7 Å². The van der Waals surface area contributed by atoms with E-state index in [4.69, 9.17) is 9.47 Å². The highest BCUT2D eigenvalue weighted by Crippen LogP contribution is 2.59. The Hall–Kier alpha value is -3.05. The second kappa shape index (κ2) is 7.50. The number of aromatic nitrogens is 1. The fourth-order valence-corrected chi connectivity index (χ4v) is 6.93. The van der Waals surface area contributed by atoms with Crippen molar-refractivity contribution in [1.29, 1.82) is 0 Å². The fourth-order valence-electron chi connectivity index (χ4n) is 6.93. The molecule has 3 aliphatic rings. The van der Waals surface area contributed by atoms with Gasteiger partial charge in [-0.2, -0.15) is 0 Å². The molecule has 2 aliphatic carbocycles. The topological polar surface area (TPSA) is 152 Å². The van der Waals surface area contributed by atoms with Gasteiger partial charge in [0.15, 0.2) is 11.9 Å². The van der Waals surface area contributed by atoms with Gasteiger partial charge >= 0.3 is 5.97 Å². The van der Waals surface area contributed by atoms with E-state index in [0.717, 1.165) is 27.1 Å². The number of aliphatic hydroxyl groups is 5. The molecule has 7 atom stereocenters.